The average Bonchev–Trinajstić information content (AvgIpc) is 2.36. The molecule has 0 atom stereocenters. The highest BCUT2D eigenvalue weighted by Crippen LogP contribution is 2.30. The number of halogens is 1. The van der Waals surface area contributed by atoms with Gasteiger partial charge in [-0.2, -0.15) is 0 Å². The number of benzene rings is 1. The van der Waals surface area contributed by atoms with Gasteiger partial charge in [0, 0.05) is 22.7 Å². The maximum absolute atomic E-state index is 13.4. The van der Waals surface area contributed by atoms with Gasteiger partial charge in [-0.05, 0) is 39.8 Å². The maximum Gasteiger partial charge on any atom is 0.310 e. The minimum atomic E-state index is -0.879. The zero-order valence-corrected chi connectivity index (χ0v) is 13.2. The van der Waals surface area contributed by atoms with E-state index in [1.165, 1.54) is 17.8 Å². The summed E-state index contributed by atoms with van der Waals surface area (Å²) in [5.41, 5.74) is -1.43. The van der Waals surface area contributed by atoms with Crippen LogP contribution in [-0.2, 0) is 4.79 Å². The molecule has 0 aromatic heterocycles. The van der Waals surface area contributed by atoms with E-state index in [-0.39, 0.29) is 5.82 Å². The van der Waals surface area contributed by atoms with Crippen molar-refractivity contribution in [3.05, 3.63) is 30.1 Å². The number of carboxylic acids is 1. The number of carbonyl (C=O) groups is 1. The first-order chi connectivity index (χ1) is 9.18. The number of carboxylic acid groups (broad SMARTS) is 1. The molecule has 20 heavy (non-hydrogen) atoms. The Labute approximate surface area is 124 Å². The van der Waals surface area contributed by atoms with Crippen molar-refractivity contribution < 1.29 is 14.3 Å². The van der Waals surface area contributed by atoms with Crippen molar-refractivity contribution >= 4 is 17.7 Å². The molecule has 0 radical (unpaired) electrons. The lowest BCUT2D eigenvalue weighted by molar-refractivity contribution is -0.151. The third kappa shape index (κ3) is 3.96. The SMILES string of the molecule is CC(C)(NCCSc1ccccc1F)C(C)(C)C(=O)O. The lowest BCUT2D eigenvalue weighted by Gasteiger charge is -2.39. The smallest absolute Gasteiger partial charge is 0.310 e. The second-order valence-electron chi connectivity index (χ2n) is 5.76. The summed E-state index contributed by atoms with van der Waals surface area (Å²) in [5.74, 6) is -0.376. The van der Waals surface area contributed by atoms with Crippen LogP contribution in [0.5, 0.6) is 0 Å². The van der Waals surface area contributed by atoms with Crippen LogP contribution in [-0.4, -0.2) is 28.9 Å². The van der Waals surface area contributed by atoms with Gasteiger partial charge in [0.05, 0.1) is 5.41 Å². The summed E-state index contributed by atoms with van der Waals surface area (Å²) in [4.78, 5) is 11.9. The monoisotopic (exact) mass is 299 g/mol. The van der Waals surface area contributed by atoms with Gasteiger partial charge in [0.25, 0.3) is 0 Å². The first-order valence-corrected chi connectivity index (χ1v) is 7.53. The maximum atomic E-state index is 13.4. The van der Waals surface area contributed by atoms with Crippen LogP contribution >= 0.6 is 11.8 Å². The fraction of sp³-hybridized carbons (Fsp3) is 0.533. The second-order valence-corrected chi connectivity index (χ2v) is 6.90. The quantitative estimate of drug-likeness (QED) is 0.598. The summed E-state index contributed by atoms with van der Waals surface area (Å²) in [6.45, 7) is 7.76. The third-order valence-electron chi connectivity index (χ3n) is 3.86. The Morgan fingerprint density at radius 2 is 1.90 bits per heavy atom. The molecule has 0 unspecified atom stereocenters. The third-order valence-corrected chi connectivity index (χ3v) is 4.91. The van der Waals surface area contributed by atoms with Gasteiger partial charge in [-0.1, -0.05) is 12.1 Å². The van der Waals surface area contributed by atoms with Gasteiger partial charge in [0.2, 0.25) is 0 Å². The molecule has 3 nitrogen and oxygen atoms in total. The van der Waals surface area contributed by atoms with Crippen molar-refractivity contribution in [3.8, 4) is 0 Å². The van der Waals surface area contributed by atoms with Crippen LogP contribution in [0, 0.1) is 11.2 Å². The van der Waals surface area contributed by atoms with Crippen LogP contribution < -0.4 is 5.32 Å². The molecule has 1 rings (SSSR count). The van der Waals surface area contributed by atoms with Crippen LogP contribution in [0.1, 0.15) is 27.7 Å². The van der Waals surface area contributed by atoms with Crippen LogP contribution in [0.25, 0.3) is 0 Å². The highest BCUT2D eigenvalue weighted by atomic mass is 32.2. The van der Waals surface area contributed by atoms with Gasteiger partial charge >= 0.3 is 5.97 Å². The molecule has 1 aromatic carbocycles. The molecule has 0 bridgehead atoms. The Balaban J connectivity index is 2.49. The van der Waals surface area contributed by atoms with Crippen molar-refractivity contribution in [1.82, 2.24) is 5.32 Å². The summed E-state index contributed by atoms with van der Waals surface area (Å²) in [7, 11) is 0. The Morgan fingerprint density at radius 1 is 1.30 bits per heavy atom. The molecule has 0 aliphatic carbocycles. The van der Waals surface area contributed by atoms with Gasteiger partial charge < -0.3 is 10.4 Å². The predicted molar refractivity (Wildman–Crippen MR) is 80.6 cm³/mol. The average molecular weight is 299 g/mol. The normalized spacial score (nSPS) is 12.4. The lowest BCUT2D eigenvalue weighted by Crippen LogP contribution is -2.55. The molecule has 2 N–H and O–H groups in total. The molecule has 0 spiro atoms. The minimum Gasteiger partial charge on any atom is -0.481 e. The molecule has 0 amide bonds. The van der Waals surface area contributed by atoms with Crippen molar-refractivity contribution in [2.24, 2.45) is 5.41 Å². The first kappa shape index (κ1) is 17.0. The minimum absolute atomic E-state index is 0.220. The number of aliphatic carboxylic acids is 1. The number of nitrogens with one attached hydrogen (secondary N) is 1. The van der Waals surface area contributed by atoms with Crippen LogP contribution in [0.2, 0.25) is 0 Å². The Hall–Kier alpha value is -1.07. The fourth-order valence-corrected chi connectivity index (χ4v) is 2.38. The van der Waals surface area contributed by atoms with Gasteiger partial charge in [0.15, 0.2) is 0 Å². The van der Waals surface area contributed by atoms with Crippen LogP contribution in [0.4, 0.5) is 4.39 Å². The Kier molecular flexibility index (Phi) is 5.59. The number of rotatable bonds is 7. The van der Waals surface area contributed by atoms with Gasteiger partial charge in [0.1, 0.15) is 5.82 Å². The van der Waals surface area contributed by atoms with Gasteiger partial charge in [-0.15, -0.1) is 11.8 Å². The summed E-state index contributed by atoms with van der Waals surface area (Å²) in [6, 6.07) is 6.64. The van der Waals surface area contributed by atoms with Crippen molar-refractivity contribution in [3.63, 3.8) is 0 Å². The van der Waals surface area contributed by atoms with Gasteiger partial charge in [-0.3, -0.25) is 4.79 Å². The molecule has 5 heteroatoms. The van der Waals surface area contributed by atoms with E-state index in [9.17, 15) is 14.3 Å². The number of hydrogen-bond acceptors (Lipinski definition) is 3. The highest BCUT2D eigenvalue weighted by molar-refractivity contribution is 7.99. The van der Waals surface area contributed by atoms with E-state index in [0.717, 1.165) is 0 Å². The molecule has 0 aliphatic heterocycles. The molecule has 112 valence electrons. The largest absolute Gasteiger partial charge is 0.481 e. The van der Waals surface area contributed by atoms with E-state index in [1.54, 1.807) is 32.0 Å². The van der Waals surface area contributed by atoms with Crippen molar-refractivity contribution in [1.29, 1.82) is 0 Å². The van der Waals surface area contributed by atoms with Crippen LogP contribution in [0.15, 0.2) is 29.2 Å². The number of thioether (sulfide) groups is 1. The predicted octanol–water partition coefficient (Wildman–Crippen LogP) is 3.40. The van der Waals surface area contributed by atoms with Crippen LogP contribution in [0.3, 0.4) is 0 Å². The van der Waals surface area contributed by atoms with Gasteiger partial charge in [-0.25, -0.2) is 4.39 Å². The molecular weight excluding hydrogens is 277 g/mol. The zero-order chi connectivity index (χ0) is 15.4. The first-order valence-electron chi connectivity index (χ1n) is 6.54. The molecule has 0 saturated heterocycles. The molecule has 0 saturated carbocycles. The van der Waals surface area contributed by atoms with Crippen molar-refractivity contribution in [2.75, 3.05) is 12.3 Å². The van der Waals surface area contributed by atoms with E-state index >= 15 is 0 Å². The van der Waals surface area contributed by atoms with E-state index < -0.39 is 16.9 Å². The summed E-state index contributed by atoms with van der Waals surface area (Å²) < 4.78 is 13.4. The molecule has 0 aliphatic rings. The molecule has 0 fully saturated rings. The summed E-state index contributed by atoms with van der Waals surface area (Å²) >= 11 is 1.42. The zero-order valence-electron chi connectivity index (χ0n) is 12.4. The van der Waals surface area contributed by atoms with E-state index in [4.69, 9.17) is 0 Å². The Morgan fingerprint density at radius 3 is 2.45 bits per heavy atom. The Bertz CT molecular complexity index is 475. The second kappa shape index (κ2) is 6.59. The standard InChI is InChI=1S/C15H22FNO2S/c1-14(2,13(18)19)15(3,4)17-9-10-20-12-8-6-5-7-11(12)16/h5-8,17H,9-10H2,1-4H3,(H,18,19). The highest BCUT2D eigenvalue weighted by Gasteiger charge is 2.42. The van der Waals surface area contributed by atoms with Crippen molar-refractivity contribution in [2.45, 2.75) is 38.1 Å². The fourth-order valence-electron chi connectivity index (χ4n) is 1.57. The molecule has 1 aromatic rings. The van der Waals surface area contributed by atoms with E-state index in [2.05, 4.69) is 5.32 Å². The molecular formula is C15H22FNO2S. The molecule has 0 heterocycles. The van der Waals surface area contributed by atoms with E-state index in [1.807, 2.05) is 13.8 Å². The van der Waals surface area contributed by atoms with E-state index in [0.29, 0.717) is 17.2 Å². The summed E-state index contributed by atoms with van der Waals surface area (Å²) in [5, 5.41) is 12.5. The topological polar surface area (TPSA) is 49.3 Å². The lowest BCUT2D eigenvalue weighted by atomic mass is 9.74. The summed E-state index contributed by atoms with van der Waals surface area (Å²) in [6.07, 6.45) is 0. The number of hydrogen-bond donors (Lipinski definition) is 2.